The Hall–Kier alpha value is -2.85. The Morgan fingerprint density at radius 1 is 1.00 bits per heavy atom. The molecule has 0 saturated carbocycles. The molecule has 0 bridgehead atoms. The molecule has 1 fully saturated rings. The lowest BCUT2D eigenvalue weighted by Crippen LogP contribution is -2.45. The number of likely N-dealkylation sites (tertiary alicyclic amines) is 1. The summed E-state index contributed by atoms with van der Waals surface area (Å²) in [4.78, 5) is 27.5. The van der Waals surface area contributed by atoms with Crippen LogP contribution in [0.3, 0.4) is 0 Å². The number of benzene rings is 3. The summed E-state index contributed by atoms with van der Waals surface area (Å²) in [6.07, 6.45) is 2.02. The molecule has 30 heavy (non-hydrogen) atoms. The van der Waals surface area contributed by atoms with E-state index in [1.807, 2.05) is 53.4 Å². The fraction of sp³-hybridized carbons (Fsp3) is 0.280. The van der Waals surface area contributed by atoms with Crippen LogP contribution in [0.1, 0.15) is 24.0 Å². The zero-order valence-electron chi connectivity index (χ0n) is 16.8. The predicted molar refractivity (Wildman–Crippen MR) is 120 cm³/mol. The third-order valence-electron chi connectivity index (χ3n) is 5.75. The average molecular weight is 421 g/mol. The molecule has 1 aliphatic rings. The molecule has 4 nitrogen and oxygen atoms in total. The van der Waals surface area contributed by atoms with Gasteiger partial charge in [0.15, 0.2) is 0 Å². The molecule has 154 valence electrons. The molecule has 1 N–H and O–H groups in total. The number of carbonyl (C=O) groups excluding carboxylic acids is 2. The van der Waals surface area contributed by atoms with E-state index in [0.29, 0.717) is 31.1 Å². The lowest BCUT2D eigenvalue weighted by atomic mass is 9.95. The molecule has 2 amide bonds. The normalized spacial score (nSPS) is 16.4. The van der Waals surface area contributed by atoms with Crippen LogP contribution in [0, 0.1) is 5.92 Å². The van der Waals surface area contributed by atoms with Crippen LogP contribution in [0.4, 0.5) is 0 Å². The highest BCUT2D eigenvalue weighted by Gasteiger charge is 2.28. The smallest absolute Gasteiger partial charge is 0.227 e. The Morgan fingerprint density at radius 3 is 2.60 bits per heavy atom. The molecule has 1 heterocycles. The number of halogens is 1. The molecule has 4 rings (SSSR count). The van der Waals surface area contributed by atoms with Gasteiger partial charge in [-0.05, 0) is 46.9 Å². The van der Waals surface area contributed by atoms with Crippen molar-refractivity contribution >= 4 is 34.2 Å². The van der Waals surface area contributed by atoms with Crippen molar-refractivity contribution < 1.29 is 9.59 Å². The third kappa shape index (κ3) is 4.82. The standard InChI is InChI=1S/C25H25ClN2O2/c26-22-12-10-18(11-13-22)16-27-25(30)21-8-4-14-28(17-21)24(29)15-20-7-3-6-19-5-1-2-9-23(19)20/h1-3,5-7,9-13,21H,4,8,14-17H2,(H,27,30)/t21-/m0/s1. The largest absolute Gasteiger partial charge is 0.352 e. The van der Waals surface area contributed by atoms with Crippen LogP contribution in [-0.4, -0.2) is 29.8 Å². The maximum atomic E-state index is 13.0. The minimum atomic E-state index is -0.164. The molecular weight excluding hydrogens is 396 g/mol. The maximum absolute atomic E-state index is 13.0. The van der Waals surface area contributed by atoms with Crippen molar-refractivity contribution in [2.75, 3.05) is 13.1 Å². The van der Waals surface area contributed by atoms with Crippen molar-refractivity contribution in [3.05, 3.63) is 82.9 Å². The van der Waals surface area contributed by atoms with Crippen LogP contribution in [0.5, 0.6) is 0 Å². The monoisotopic (exact) mass is 420 g/mol. The summed E-state index contributed by atoms with van der Waals surface area (Å²) in [5.74, 6) is -0.0725. The van der Waals surface area contributed by atoms with Crippen LogP contribution in [0.25, 0.3) is 10.8 Å². The van der Waals surface area contributed by atoms with Crippen LogP contribution in [-0.2, 0) is 22.6 Å². The molecule has 0 aromatic heterocycles. The van der Waals surface area contributed by atoms with Gasteiger partial charge in [0.2, 0.25) is 11.8 Å². The topological polar surface area (TPSA) is 49.4 Å². The molecule has 3 aromatic rings. The summed E-state index contributed by atoms with van der Waals surface area (Å²) in [6, 6.07) is 21.6. The predicted octanol–water partition coefficient (Wildman–Crippen LogP) is 4.59. The van der Waals surface area contributed by atoms with Crippen LogP contribution in [0.15, 0.2) is 66.7 Å². The Labute approximate surface area is 181 Å². The number of fused-ring (bicyclic) bond motifs is 1. The molecule has 5 heteroatoms. The first-order chi connectivity index (χ1) is 14.6. The van der Waals surface area contributed by atoms with Crippen molar-refractivity contribution in [1.29, 1.82) is 0 Å². The molecule has 1 aliphatic heterocycles. The van der Waals surface area contributed by atoms with Crippen LogP contribution >= 0.6 is 11.6 Å². The molecule has 0 unspecified atom stereocenters. The van der Waals surface area contributed by atoms with Crippen molar-refractivity contribution in [1.82, 2.24) is 10.2 Å². The Bertz CT molecular complexity index is 1040. The van der Waals surface area contributed by atoms with E-state index >= 15 is 0 Å². The Balaban J connectivity index is 1.36. The van der Waals surface area contributed by atoms with E-state index in [2.05, 4.69) is 23.5 Å². The highest BCUT2D eigenvalue weighted by molar-refractivity contribution is 6.30. The highest BCUT2D eigenvalue weighted by Crippen LogP contribution is 2.22. The zero-order valence-corrected chi connectivity index (χ0v) is 17.6. The van der Waals surface area contributed by atoms with Gasteiger partial charge in [-0.2, -0.15) is 0 Å². The molecule has 1 atom stereocenters. The third-order valence-corrected chi connectivity index (χ3v) is 6.00. The maximum Gasteiger partial charge on any atom is 0.227 e. The minimum Gasteiger partial charge on any atom is -0.352 e. The van der Waals surface area contributed by atoms with E-state index in [-0.39, 0.29) is 17.7 Å². The molecule has 0 spiro atoms. The van der Waals surface area contributed by atoms with E-state index in [1.165, 1.54) is 0 Å². The van der Waals surface area contributed by atoms with Crippen LogP contribution < -0.4 is 5.32 Å². The van der Waals surface area contributed by atoms with E-state index in [9.17, 15) is 9.59 Å². The van der Waals surface area contributed by atoms with Crippen molar-refractivity contribution in [2.24, 2.45) is 5.92 Å². The second-order valence-electron chi connectivity index (χ2n) is 7.84. The average Bonchev–Trinajstić information content (AvgIpc) is 2.79. The first-order valence-corrected chi connectivity index (χ1v) is 10.7. The van der Waals surface area contributed by atoms with E-state index in [0.717, 1.165) is 34.7 Å². The molecule has 1 saturated heterocycles. The number of carbonyl (C=O) groups is 2. The summed E-state index contributed by atoms with van der Waals surface area (Å²) < 4.78 is 0. The molecule has 3 aromatic carbocycles. The number of nitrogens with zero attached hydrogens (tertiary/aromatic N) is 1. The van der Waals surface area contributed by atoms with Crippen molar-refractivity contribution in [2.45, 2.75) is 25.8 Å². The molecular formula is C25H25ClN2O2. The minimum absolute atomic E-state index is 0.00705. The second kappa shape index (κ2) is 9.31. The summed E-state index contributed by atoms with van der Waals surface area (Å²) in [6.45, 7) is 1.66. The van der Waals surface area contributed by atoms with Crippen molar-refractivity contribution in [3.63, 3.8) is 0 Å². The first-order valence-electron chi connectivity index (χ1n) is 10.4. The van der Waals surface area contributed by atoms with Gasteiger partial charge >= 0.3 is 0 Å². The fourth-order valence-electron chi connectivity index (χ4n) is 4.07. The molecule has 0 radical (unpaired) electrons. The van der Waals surface area contributed by atoms with Gasteiger partial charge in [0, 0.05) is 24.7 Å². The second-order valence-corrected chi connectivity index (χ2v) is 8.27. The van der Waals surface area contributed by atoms with E-state index in [1.54, 1.807) is 0 Å². The van der Waals surface area contributed by atoms with Gasteiger partial charge in [-0.15, -0.1) is 0 Å². The number of nitrogens with one attached hydrogen (secondary N) is 1. The van der Waals surface area contributed by atoms with Crippen LogP contribution in [0.2, 0.25) is 5.02 Å². The van der Waals surface area contributed by atoms with Gasteiger partial charge in [0.1, 0.15) is 0 Å². The lowest BCUT2D eigenvalue weighted by Gasteiger charge is -2.32. The summed E-state index contributed by atoms with van der Waals surface area (Å²) in [5.41, 5.74) is 2.04. The Morgan fingerprint density at radius 2 is 1.77 bits per heavy atom. The first kappa shape index (κ1) is 20.4. The van der Waals surface area contributed by atoms with E-state index in [4.69, 9.17) is 11.6 Å². The number of amides is 2. The number of hydrogen-bond donors (Lipinski definition) is 1. The zero-order chi connectivity index (χ0) is 20.9. The number of hydrogen-bond acceptors (Lipinski definition) is 2. The van der Waals surface area contributed by atoms with Gasteiger partial charge in [0.05, 0.1) is 12.3 Å². The highest BCUT2D eigenvalue weighted by atomic mass is 35.5. The summed E-state index contributed by atoms with van der Waals surface area (Å²) >= 11 is 5.91. The lowest BCUT2D eigenvalue weighted by molar-refractivity contribution is -0.135. The van der Waals surface area contributed by atoms with Gasteiger partial charge in [0.25, 0.3) is 0 Å². The summed E-state index contributed by atoms with van der Waals surface area (Å²) in [5, 5.41) is 5.93. The van der Waals surface area contributed by atoms with Crippen molar-refractivity contribution in [3.8, 4) is 0 Å². The van der Waals surface area contributed by atoms with Gasteiger partial charge in [-0.3, -0.25) is 9.59 Å². The van der Waals surface area contributed by atoms with E-state index < -0.39 is 0 Å². The molecule has 0 aliphatic carbocycles. The quantitative estimate of drug-likeness (QED) is 0.656. The number of piperidine rings is 1. The van der Waals surface area contributed by atoms with Gasteiger partial charge in [-0.1, -0.05) is 66.2 Å². The Kier molecular flexibility index (Phi) is 6.34. The SMILES string of the molecule is O=C(NCc1ccc(Cl)cc1)[C@H]1CCCN(C(=O)Cc2cccc3ccccc23)C1. The fourth-order valence-corrected chi connectivity index (χ4v) is 4.20. The number of rotatable bonds is 5. The van der Waals surface area contributed by atoms with Gasteiger partial charge < -0.3 is 10.2 Å². The van der Waals surface area contributed by atoms with Gasteiger partial charge in [-0.25, -0.2) is 0 Å². The summed E-state index contributed by atoms with van der Waals surface area (Å²) in [7, 11) is 0.